The summed E-state index contributed by atoms with van der Waals surface area (Å²) in [6.07, 6.45) is 1.42. The predicted molar refractivity (Wildman–Crippen MR) is 67.3 cm³/mol. The Labute approximate surface area is 107 Å². The third-order valence-electron chi connectivity index (χ3n) is 2.43. The van der Waals surface area contributed by atoms with Gasteiger partial charge in [-0.2, -0.15) is 0 Å². The summed E-state index contributed by atoms with van der Waals surface area (Å²) in [6.45, 7) is 0. The fourth-order valence-corrected chi connectivity index (χ4v) is 2.13. The van der Waals surface area contributed by atoms with Crippen LogP contribution in [0.4, 0.5) is 0 Å². The maximum Gasteiger partial charge on any atom is 0.181 e. The van der Waals surface area contributed by atoms with Gasteiger partial charge in [0.1, 0.15) is 15.8 Å². The lowest BCUT2D eigenvalue weighted by Gasteiger charge is -2.02. The molecule has 0 aliphatic rings. The van der Waals surface area contributed by atoms with Gasteiger partial charge in [-0.1, -0.05) is 29.3 Å². The van der Waals surface area contributed by atoms with Crippen LogP contribution in [-0.4, -0.2) is 9.97 Å². The summed E-state index contributed by atoms with van der Waals surface area (Å²) in [7, 11) is 0. The number of rotatable bonds is 1. The number of hydrogen-bond donors (Lipinski definition) is 0. The second kappa shape index (κ2) is 4.02. The molecule has 17 heavy (non-hydrogen) atoms. The Kier molecular flexibility index (Phi) is 2.50. The summed E-state index contributed by atoms with van der Waals surface area (Å²) in [5.41, 5.74) is 3.40. The van der Waals surface area contributed by atoms with E-state index in [1.54, 1.807) is 12.1 Å². The molecule has 0 saturated heterocycles. The molecule has 0 fully saturated rings. The van der Waals surface area contributed by atoms with Gasteiger partial charge in [-0.05, 0) is 35.4 Å². The SMILES string of the molecule is Clc1cc(-c2ccc3ncoc3c2)cc(Cl)n1. The average molecular weight is 265 g/mol. The van der Waals surface area contributed by atoms with Crippen LogP contribution in [0.1, 0.15) is 0 Å². The predicted octanol–water partition coefficient (Wildman–Crippen LogP) is 4.20. The third kappa shape index (κ3) is 1.99. The Balaban J connectivity index is 2.19. The summed E-state index contributed by atoms with van der Waals surface area (Å²) < 4.78 is 5.25. The quantitative estimate of drug-likeness (QED) is 0.619. The van der Waals surface area contributed by atoms with E-state index < -0.39 is 0 Å². The number of halogens is 2. The smallest absolute Gasteiger partial charge is 0.181 e. The molecule has 0 radical (unpaired) electrons. The summed E-state index contributed by atoms with van der Waals surface area (Å²) in [4.78, 5) is 7.96. The normalized spacial score (nSPS) is 10.9. The van der Waals surface area contributed by atoms with Gasteiger partial charge in [0, 0.05) is 0 Å². The van der Waals surface area contributed by atoms with E-state index in [0.29, 0.717) is 10.3 Å². The van der Waals surface area contributed by atoms with Crippen LogP contribution >= 0.6 is 23.2 Å². The summed E-state index contributed by atoms with van der Waals surface area (Å²) in [5, 5.41) is 0.732. The van der Waals surface area contributed by atoms with Crippen molar-refractivity contribution in [3.63, 3.8) is 0 Å². The van der Waals surface area contributed by atoms with Crippen LogP contribution in [0.15, 0.2) is 41.1 Å². The number of nitrogens with zero attached hydrogens (tertiary/aromatic N) is 2. The molecule has 3 aromatic rings. The standard InChI is InChI=1S/C12H6Cl2N2O/c13-11-4-8(5-12(14)16-11)7-1-2-9-10(3-7)17-6-15-9/h1-6H. The van der Waals surface area contributed by atoms with Gasteiger partial charge in [-0.25, -0.2) is 9.97 Å². The van der Waals surface area contributed by atoms with Crippen LogP contribution in [0.3, 0.4) is 0 Å². The second-order valence-electron chi connectivity index (χ2n) is 3.54. The van der Waals surface area contributed by atoms with Crippen LogP contribution < -0.4 is 0 Å². The summed E-state index contributed by atoms with van der Waals surface area (Å²) in [5.74, 6) is 0. The molecule has 2 heterocycles. The Bertz CT molecular complexity index is 674. The van der Waals surface area contributed by atoms with Crippen LogP contribution in [0.5, 0.6) is 0 Å². The van der Waals surface area contributed by atoms with Gasteiger partial charge in [0.25, 0.3) is 0 Å². The molecule has 0 saturated carbocycles. The zero-order valence-electron chi connectivity index (χ0n) is 8.52. The van der Waals surface area contributed by atoms with Crippen molar-refractivity contribution in [1.29, 1.82) is 0 Å². The first-order valence-electron chi connectivity index (χ1n) is 4.89. The van der Waals surface area contributed by atoms with E-state index >= 15 is 0 Å². The van der Waals surface area contributed by atoms with E-state index in [2.05, 4.69) is 9.97 Å². The van der Waals surface area contributed by atoms with E-state index in [9.17, 15) is 0 Å². The average Bonchev–Trinajstić information content (AvgIpc) is 2.74. The Morgan fingerprint density at radius 2 is 1.71 bits per heavy atom. The van der Waals surface area contributed by atoms with Gasteiger partial charge in [-0.3, -0.25) is 0 Å². The molecule has 0 spiro atoms. The van der Waals surface area contributed by atoms with Gasteiger partial charge >= 0.3 is 0 Å². The number of oxazole rings is 1. The van der Waals surface area contributed by atoms with Crippen molar-refractivity contribution >= 4 is 34.3 Å². The monoisotopic (exact) mass is 264 g/mol. The number of fused-ring (bicyclic) bond motifs is 1. The number of aromatic nitrogens is 2. The fraction of sp³-hybridized carbons (Fsp3) is 0. The molecule has 0 aliphatic heterocycles. The summed E-state index contributed by atoms with van der Waals surface area (Å²) >= 11 is 11.7. The van der Waals surface area contributed by atoms with E-state index in [1.165, 1.54) is 6.39 Å². The van der Waals surface area contributed by atoms with Crippen molar-refractivity contribution in [2.45, 2.75) is 0 Å². The zero-order valence-corrected chi connectivity index (χ0v) is 10.0. The van der Waals surface area contributed by atoms with E-state index in [1.807, 2.05) is 18.2 Å². The minimum Gasteiger partial charge on any atom is -0.443 e. The van der Waals surface area contributed by atoms with Crippen LogP contribution in [0.2, 0.25) is 10.3 Å². The number of benzene rings is 1. The minimum atomic E-state index is 0.366. The largest absolute Gasteiger partial charge is 0.443 e. The molecule has 0 aliphatic carbocycles. The molecule has 3 nitrogen and oxygen atoms in total. The number of pyridine rings is 1. The van der Waals surface area contributed by atoms with Crippen LogP contribution in [-0.2, 0) is 0 Å². The van der Waals surface area contributed by atoms with E-state index in [4.69, 9.17) is 27.6 Å². The second-order valence-corrected chi connectivity index (χ2v) is 4.31. The van der Waals surface area contributed by atoms with E-state index in [0.717, 1.165) is 22.2 Å². The van der Waals surface area contributed by atoms with E-state index in [-0.39, 0.29) is 0 Å². The molecule has 2 aromatic heterocycles. The third-order valence-corrected chi connectivity index (χ3v) is 2.81. The van der Waals surface area contributed by atoms with Crippen LogP contribution in [0, 0.1) is 0 Å². The highest BCUT2D eigenvalue weighted by atomic mass is 35.5. The first-order chi connectivity index (χ1) is 8.22. The molecule has 0 N–H and O–H groups in total. The van der Waals surface area contributed by atoms with Crippen molar-refractivity contribution in [2.24, 2.45) is 0 Å². The number of hydrogen-bond acceptors (Lipinski definition) is 3. The molecule has 0 bridgehead atoms. The van der Waals surface area contributed by atoms with Crippen molar-refractivity contribution < 1.29 is 4.42 Å². The lowest BCUT2D eigenvalue weighted by atomic mass is 10.1. The fourth-order valence-electron chi connectivity index (χ4n) is 1.67. The first-order valence-corrected chi connectivity index (χ1v) is 5.65. The van der Waals surface area contributed by atoms with Crippen molar-refractivity contribution in [3.8, 4) is 11.1 Å². The molecule has 3 rings (SSSR count). The minimum absolute atomic E-state index is 0.366. The van der Waals surface area contributed by atoms with Crippen molar-refractivity contribution in [1.82, 2.24) is 9.97 Å². The molecule has 84 valence electrons. The highest BCUT2D eigenvalue weighted by Crippen LogP contribution is 2.27. The highest BCUT2D eigenvalue weighted by molar-refractivity contribution is 6.32. The zero-order chi connectivity index (χ0) is 11.8. The topological polar surface area (TPSA) is 38.9 Å². The first kappa shape index (κ1) is 10.6. The molecule has 5 heteroatoms. The lowest BCUT2D eigenvalue weighted by Crippen LogP contribution is -1.82. The van der Waals surface area contributed by atoms with Gasteiger partial charge in [0.05, 0.1) is 0 Å². The highest BCUT2D eigenvalue weighted by Gasteiger charge is 2.05. The van der Waals surface area contributed by atoms with Gasteiger partial charge in [0.15, 0.2) is 12.0 Å². The summed E-state index contributed by atoms with van der Waals surface area (Å²) in [6, 6.07) is 9.23. The molecule has 0 unspecified atom stereocenters. The van der Waals surface area contributed by atoms with Gasteiger partial charge < -0.3 is 4.42 Å². The lowest BCUT2D eigenvalue weighted by molar-refractivity contribution is 0.602. The maximum atomic E-state index is 5.87. The molecular formula is C12H6Cl2N2O. The van der Waals surface area contributed by atoms with Crippen molar-refractivity contribution in [2.75, 3.05) is 0 Å². The van der Waals surface area contributed by atoms with Crippen molar-refractivity contribution in [3.05, 3.63) is 47.0 Å². The van der Waals surface area contributed by atoms with Gasteiger partial charge in [-0.15, -0.1) is 0 Å². The Hall–Kier alpha value is -1.58. The van der Waals surface area contributed by atoms with Gasteiger partial charge in [0.2, 0.25) is 0 Å². The Morgan fingerprint density at radius 3 is 2.47 bits per heavy atom. The van der Waals surface area contributed by atoms with Crippen LogP contribution in [0.25, 0.3) is 22.2 Å². The molecular weight excluding hydrogens is 259 g/mol. The molecule has 1 aromatic carbocycles. The molecule has 0 amide bonds. The Morgan fingerprint density at radius 1 is 0.941 bits per heavy atom. The molecule has 0 atom stereocenters. The maximum absolute atomic E-state index is 5.87.